The van der Waals surface area contributed by atoms with E-state index in [1.807, 2.05) is 18.7 Å². The van der Waals surface area contributed by atoms with Crippen LogP contribution < -0.4 is 0 Å². The van der Waals surface area contributed by atoms with Crippen LogP contribution in [0.5, 0.6) is 0 Å². The van der Waals surface area contributed by atoms with Crippen molar-refractivity contribution >= 4 is 11.8 Å². The second kappa shape index (κ2) is 8.69. The van der Waals surface area contributed by atoms with Crippen LogP contribution >= 0.6 is 11.8 Å². The maximum absolute atomic E-state index is 5.72. The molecule has 0 fully saturated rings. The second-order valence-corrected chi connectivity index (χ2v) is 8.33. The largest absolute Gasteiger partial charge is 0.372 e. The molecule has 0 amide bonds. The zero-order valence-electron chi connectivity index (χ0n) is 16.4. The van der Waals surface area contributed by atoms with Crippen molar-refractivity contribution < 1.29 is 4.74 Å². The van der Waals surface area contributed by atoms with Crippen LogP contribution in [0.3, 0.4) is 0 Å². The highest BCUT2D eigenvalue weighted by molar-refractivity contribution is 7.99. The number of hydrogen-bond donors (Lipinski definition) is 0. The fourth-order valence-corrected chi connectivity index (χ4v) is 5.08. The second-order valence-electron chi connectivity index (χ2n) is 7.09. The third-order valence-corrected chi connectivity index (χ3v) is 6.60. The molecule has 0 aromatic heterocycles. The molecule has 4 rings (SSSR count). The number of fused-ring (bicyclic) bond motifs is 1. The summed E-state index contributed by atoms with van der Waals surface area (Å²) in [5, 5.41) is 0.352. The minimum Gasteiger partial charge on any atom is -0.372 e. The van der Waals surface area contributed by atoms with Gasteiger partial charge in [0.05, 0.1) is 13.2 Å². The first kappa shape index (κ1) is 18.9. The summed E-state index contributed by atoms with van der Waals surface area (Å²) in [5.74, 6) is 6.43. The van der Waals surface area contributed by atoms with Crippen molar-refractivity contribution in [3.8, 4) is 11.8 Å². The van der Waals surface area contributed by atoms with Gasteiger partial charge >= 0.3 is 0 Å². The Bertz CT molecular complexity index is 1010. The Hall–Kier alpha value is -2.47. The maximum atomic E-state index is 5.72. The molecule has 1 nitrogen and oxygen atoms in total. The summed E-state index contributed by atoms with van der Waals surface area (Å²) in [6, 6.07) is 23.9. The molecule has 0 aliphatic carbocycles. The van der Waals surface area contributed by atoms with E-state index < -0.39 is 0 Å². The lowest BCUT2D eigenvalue weighted by molar-refractivity contribution is 0.134. The lowest BCUT2D eigenvalue weighted by atomic mass is 9.99. The van der Waals surface area contributed by atoms with Crippen LogP contribution in [0, 0.1) is 18.8 Å². The highest BCUT2D eigenvalue weighted by Gasteiger charge is 2.22. The molecule has 0 radical (unpaired) electrons. The van der Waals surface area contributed by atoms with E-state index in [9.17, 15) is 0 Å². The summed E-state index contributed by atoms with van der Waals surface area (Å²) in [5.41, 5.74) is 7.72. The van der Waals surface area contributed by atoms with Gasteiger partial charge in [0, 0.05) is 15.7 Å². The third-order valence-electron chi connectivity index (χ3n) is 5.20. The average Bonchev–Trinajstić information content (AvgIpc) is 3.20. The summed E-state index contributed by atoms with van der Waals surface area (Å²) >= 11 is 1.95. The highest BCUT2D eigenvalue weighted by Crippen LogP contribution is 2.42. The molecule has 1 aliphatic rings. The molecule has 0 bridgehead atoms. The quantitative estimate of drug-likeness (QED) is 0.368. The summed E-state index contributed by atoms with van der Waals surface area (Å²) in [6.45, 7) is 5.47. The summed E-state index contributed by atoms with van der Waals surface area (Å²) < 4.78 is 5.72. The topological polar surface area (TPSA) is 9.23 Å². The number of ether oxygens (including phenoxy) is 1. The molecular weight excluding hydrogens is 360 g/mol. The monoisotopic (exact) mass is 384 g/mol. The van der Waals surface area contributed by atoms with E-state index in [1.165, 1.54) is 32.7 Å². The maximum Gasteiger partial charge on any atom is 0.0737 e. The molecule has 1 unspecified atom stereocenters. The number of thioether (sulfide) groups is 1. The van der Waals surface area contributed by atoms with E-state index in [1.54, 1.807) is 0 Å². The molecule has 1 heterocycles. The number of benzene rings is 3. The highest BCUT2D eigenvalue weighted by atomic mass is 32.2. The molecule has 0 N–H and O–H groups in total. The lowest BCUT2D eigenvalue weighted by Gasteiger charge is -2.20. The van der Waals surface area contributed by atoms with Gasteiger partial charge in [0.15, 0.2) is 0 Å². The molecule has 1 atom stereocenters. The predicted octanol–water partition coefficient (Wildman–Crippen LogP) is 6.47. The van der Waals surface area contributed by atoms with Crippen LogP contribution in [0.2, 0.25) is 0 Å². The lowest BCUT2D eigenvalue weighted by Crippen LogP contribution is -2.02. The van der Waals surface area contributed by atoms with Gasteiger partial charge < -0.3 is 4.74 Å². The predicted molar refractivity (Wildman–Crippen MR) is 117 cm³/mol. The summed E-state index contributed by atoms with van der Waals surface area (Å²) in [7, 11) is 0. The van der Waals surface area contributed by atoms with Crippen molar-refractivity contribution in [2.75, 3.05) is 0 Å². The van der Waals surface area contributed by atoms with Crippen LogP contribution in [-0.2, 0) is 24.4 Å². The molecule has 0 saturated heterocycles. The van der Waals surface area contributed by atoms with E-state index >= 15 is 0 Å². The van der Waals surface area contributed by atoms with Gasteiger partial charge in [-0.05, 0) is 54.2 Å². The van der Waals surface area contributed by atoms with Gasteiger partial charge in [-0.3, -0.25) is 0 Å². The van der Waals surface area contributed by atoms with Gasteiger partial charge in [0.1, 0.15) is 0 Å². The molecule has 2 heteroatoms. The minimum absolute atomic E-state index is 0.352. The van der Waals surface area contributed by atoms with E-state index in [0.29, 0.717) is 18.5 Å². The first-order chi connectivity index (χ1) is 13.8. The van der Waals surface area contributed by atoms with Crippen LogP contribution in [-0.4, -0.2) is 0 Å². The Morgan fingerprint density at radius 3 is 2.43 bits per heavy atom. The fourth-order valence-electron chi connectivity index (χ4n) is 3.71. The van der Waals surface area contributed by atoms with Crippen molar-refractivity contribution in [1.29, 1.82) is 0 Å². The number of hydrogen-bond acceptors (Lipinski definition) is 2. The third kappa shape index (κ3) is 4.02. The van der Waals surface area contributed by atoms with E-state index in [2.05, 4.69) is 85.5 Å². The SMILES string of the molecule is CC#Cc1c(C)c(SC(Cc2ccccc2)c2ccccc2)cc2c1COC2. The van der Waals surface area contributed by atoms with E-state index in [0.717, 1.165) is 12.0 Å². The molecule has 3 aromatic carbocycles. The standard InChI is InChI=1S/C26H24OS/c1-3-10-23-19(2)25(16-22-17-27-18-24(22)23)28-26(21-13-8-5-9-14-21)15-20-11-6-4-7-12-20/h4-9,11-14,16,26H,15,17-18H2,1-2H3. The molecule has 140 valence electrons. The van der Waals surface area contributed by atoms with Gasteiger partial charge in [0.2, 0.25) is 0 Å². The van der Waals surface area contributed by atoms with Crippen molar-refractivity contribution in [3.63, 3.8) is 0 Å². The first-order valence-corrected chi connectivity index (χ1v) is 10.6. The fraction of sp³-hybridized carbons (Fsp3) is 0.231. The Morgan fingerprint density at radius 1 is 1.00 bits per heavy atom. The van der Waals surface area contributed by atoms with Gasteiger partial charge in [-0.1, -0.05) is 66.6 Å². The van der Waals surface area contributed by atoms with Crippen LogP contribution in [0.1, 0.15) is 45.6 Å². The molecule has 28 heavy (non-hydrogen) atoms. The van der Waals surface area contributed by atoms with Crippen LogP contribution in [0.4, 0.5) is 0 Å². The molecule has 1 aliphatic heterocycles. The van der Waals surface area contributed by atoms with E-state index in [-0.39, 0.29) is 0 Å². The summed E-state index contributed by atoms with van der Waals surface area (Å²) in [6.07, 6.45) is 0.997. The first-order valence-electron chi connectivity index (χ1n) is 9.67. The van der Waals surface area contributed by atoms with Gasteiger partial charge in [-0.2, -0.15) is 0 Å². The summed E-state index contributed by atoms with van der Waals surface area (Å²) in [4.78, 5) is 1.31. The Morgan fingerprint density at radius 2 is 1.71 bits per heavy atom. The molecule has 3 aromatic rings. The average molecular weight is 385 g/mol. The van der Waals surface area contributed by atoms with E-state index in [4.69, 9.17) is 4.74 Å². The molecule has 0 saturated carbocycles. The van der Waals surface area contributed by atoms with Crippen molar-refractivity contribution in [2.24, 2.45) is 0 Å². The van der Waals surface area contributed by atoms with Gasteiger partial charge in [-0.15, -0.1) is 17.7 Å². The van der Waals surface area contributed by atoms with Crippen molar-refractivity contribution in [2.45, 2.75) is 43.6 Å². The molecular formula is C26H24OS. The molecule has 0 spiro atoms. The van der Waals surface area contributed by atoms with Gasteiger partial charge in [0.25, 0.3) is 0 Å². The Labute approximate surface area is 172 Å². The van der Waals surface area contributed by atoms with Crippen molar-refractivity contribution in [3.05, 3.63) is 100 Å². The Kier molecular flexibility index (Phi) is 5.86. The Balaban J connectivity index is 1.72. The minimum atomic E-state index is 0.352. The zero-order valence-corrected chi connectivity index (χ0v) is 17.2. The number of rotatable bonds is 5. The van der Waals surface area contributed by atoms with Gasteiger partial charge in [-0.25, -0.2) is 0 Å². The smallest absolute Gasteiger partial charge is 0.0737 e. The normalized spacial score (nSPS) is 13.5. The van der Waals surface area contributed by atoms with Crippen LogP contribution in [0.25, 0.3) is 0 Å². The van der Waals surface area contributed by atoms with Crippen LogP contribution in [0.15, 0.2) is 71.6 Å². The van der Waals surface area contributed by atoms with Crippen molar-refractivity contribution in [1.82, 2.24) is 0 Å². The zero-order chi connectivity index (χ0) is 19.3.